The molecule has 3 aromatic heterocycles. The second kappa shape index (κ2) is 11.5. The summed E-state index contributed by atoms with van der Waals surface area (Å²) in [5.41, 5.74) is 16.4. The minimum atomic E-state index is 0.551. The first-order valence-electron chi connectivity index (χ1n) is 17.0. The second-order valence-corrected chi connectivity index (χ2v) is 12.7. The number of para-hydroxylation sites is 3. The highest BCUT2D eigenvalue weighted by Crippen LogP contribution is 2.43. The number of anilines is 1. The van der Waals surface area contributed by atoms with Crippen LogP contribution in [-0.4, -0.2) is 24.1 Å². The van der Waals surface area contributed by atoms with Crippen molar-refractivity contribution in [2.45, 2.75) is 0 Å². The number of hydrogen-bond acceptors (Lipinski definition) is 4. The highest BCUT2D eigenvalue weighted by molar-refractivity contribution is 6.26. The molecule has 3 heterocycles. The fraction of sp³-hybridized carbons (Fsp3) is 0. The van der Waals surface area contributed by atoms with E-state index in [1.807, 2.05) is 72.8 Å². The third-order valence-corrected chi connectivity index (χ3v) is 9.69. The SMILES string of the molecule is Nc1ccc(-n2c3ccccc3c3ccc4c(c5ccccc5n4-c4ccccc4)c32)c(-c2nc(-c3ccccc3)nc(-c3ccccc3)n2)c1. The highest BCUT2D eigenvalue weighted by Gasteiger charge is 2.23. The summed E-state index contributed by atoms with van der Waals surface area (Å²) in [6, 6.07) is 58.5. The van der Waals surface area contributed by atoms with Gasteiger partial charge in [0.15, 0.2) is 17.5 Å². The number of fused-ring (bicyclic) bond motifs is 7. The Kier molecular flexibility index (Phi) is 6.54. The maximum atomic E-state index is 6.59. The number of nitrogen functional groups attached to an aromatic ring is 1. The molecule has 0 fully saturated rings. The summed E-state index contributed by atoms with van der Waals surface area (Å²) in [5, 5.41) is 4.69. The lowest BCUT2D eigenvalue weighted by Crippen LogP contribution is -2.04. The summed E-state index contributed by atoms with van der Waals surface area (Å²) in [6.45, 7) is 0. The van der Waals surface area contributed by atoms with Crippen LogP contribution in [0.1, 0.15) is 0 Å². The van der Waals surface area contributed by atoms with Gasteiger partial charge < -0.3 is 14.9 Å². The molecular formula is C45H30N6. The average Bonchev–Trinajstić information content (AvgIpc) is 3.72. The predicted molar refractivity (Wildman–Crippen MR) is 209 cm³/mol. The molecule has 2 N–H and O–H groups in total. The van der Waals surface area contributed by atoms with Gasteiger partial charge in [0, 0.05) is 49.6 Å². The normalized spacial score (nSPS) is 11.6. The van der Waals surface area contributed by atoms with Gasteiger partial charge in [0.1, 0.15) is 0 Å². The van der Waals surface area contributed by atoms with Crippen LogP contribution in [0.3, 0.4) is 0 Å². The maximum absolute atomic E-state index is 6.59. The van der Waals surface area contributed by atoms with E-state index in [4.69, 9.17) is 20.7 Å². The number of nitrogens with two attached hydrogens (primary N) is 1. The van der Waals surface area contributed by atoms with Crippen LogP contribution in [0.25, 0.3) is 89.2 Å². The Morgan fingerprint density at radius 3 is 1.63 bits per heavy atom. The second-order valence-electron chi connectivity index (χ2n) is 12.7. The Morgan fingerprint density at radius 2 is 0.961 bits per heavy atom. The van der Waals surface area contributed by atoms with Crippen LogP contribution >= 0.6 is 0 Å². The predicted octanol–water partition coefficient (Wildman–Crippen LogP) is 10.6. The topological polar surface area (TPSA) is 74.5 Å². The number of hydrogen-bond donors (Lipinski definition) is 1. The molecule has 0 saturated heterocycles. The van der Waals surface area contributed by atoms with E-state index < -0.39 is 0 Å². The van der Waals surface area contributed by atoms with Crippen molar-refractivity contribution in [3.05, 3.63) is 170 Å². The molecule has 6 nitrogen and oxygen atoms in total. The third kappa shape index (κ3) is 4.61. The molecular weight excluding hydrogens is 625 g/mol. The molecule has 51 heavy (non-hydrogen) atoms. The number of rotatable bonds is 5. The van der Waals surface area contributed by atoms with Crippen molar-refractivity contribution in [1.29, 1.82) is 0 Å². The Balaban J connectivity index is 1.33. The fourth-order valence-corrected chi connectivity index (χ4v) is 7.47. The van der Waals surface area contributed by atoms with Gasteiger partial charge in [-0.25, -0.2) is 15.0 Å². The van der Waals surface area contributed by atoms with E-state index in [0.717, 1.165) is 50.1 Å². The zero-order valence-electron chi connectivity index (χ0n) is 27.5. The molecule has 0 spiro atoms. The van der Waals surface area contributed by atoms with Crippen molar-refractivity contribution in [1.82, 2.24) is 24.1 Å². The van der Waals surface area contributed by atoms with Crippen LogP contribution in [-0.2, 0) is 0 Å². The van der Waals surface area contributed by atoms with Crippen molar-refractivity contribution in [2.75, 3.05) is 5.73 Å². The van der Waals surface area contributed by atoms with E-state index in [2.05, 4.69) is 106 Å². The van der Waals surface area contributed by atoms with E-state index in [9.17, 15) is 0 Å². The first-order valence-corrected chi connectivity index (χ1v) is 17.0. The monoisotopic (exact) mass is 654 g/mol. The van der Waals surface area contributed by atoms with Crippen molar-refractivity contribution in [3.8, 4) is 45.5 Å². The minimum absolute atomic E-state index is 0.551. The van der Waals surface area contributed by atoms with Crippen LogP contribution in [0.15, 0.2) is 170 Å². The molecule has 10 rings (SSSR count). The fourth-order valence-electron chi connectivity index (χ4n) is 7.47. The molecule has 0 bridgehead atoms. The quantitative estimate of drug-likeness (QED) is 0.187. The number of aromatic nitrogens is 5. The summed E-state index contributed by atoms with van der Waals surface area (Å²) in [7, 11) is 0. The lowest BCUT2D eigenvalue weighted by molar-refractivity contribution is 1.06. The Morgan fingerprint density at radius 1 is 0.412 bits per heavy atom. The van der Waals surface area contributed by atoms with Gasteiger partial charge in [-0.1, -0.05) is 121 Å². The van der Waals surface area contributed by atoms with Crippen molar-refractivity contribution >= 4 is 49.3 Å². The van der Waals surface area contributed by atoms with Gasteiger partial charge in [-0.05, 0) is 48.5 Å². The smallest absolute Gasteiger partial charge is 0.166 e. The first kappa shape index (κ1) is 28.9. The molecule has 10 aromatic rings. The molecule has 7 aromatic carbocycles. The van der Waals surface area contributed by atoms with E-state index in [-0.39, 0.29) is 0 Å². The summed E-state index contributed by atoms with van der Waals surface area (Å²) in [5.74, 6) is 1.75. The zero-order chi connectivity index (χ0) is 33.9. The van der Waals surface area contributed by atoms with E-state index in [0.29, 0.717) is 23.2 Å². The molecule has 240 valence electrons. The first-order chi connectivity index (χ1) is 25.2. The summed E-state index contributed by atoms with van der Waals surface area (Å²) in [4.78, 5) is 15.2. The van der Waals surface area contributed by atoms with Gasteiger partial charge >= 0.3 is 0 Å². The lowest BCUT2D eigenvalue weighted by Gasteiger charge is -2.16. The van der Waals surface area contributed by atoms with Crippen molar-refractivity contribution < 1.29 is 0 Å². The molecule has 0 saturated carbocycles. The maximum Gasteiger partial charge on any atom is 0.166 e. The number of nitrogens with zero attached hydrogens (tertiary/aromatic N) is 5. The standard InChI is InChI=1S/C45H30N6/c46-31-24-26-39(36(28-31)45-48-43(29-14-4-1-5-15-29)47-44(49-45)30-16-6-2-7-17-30)51-37-22-12-10-20-33(37)34-25-27-40-41(42(34)51)35-21-11-13-23-38(35)50(40)32-18-8-3-9-19-32/h1-28H,46H2. The molecule has 0 amide bonds. The minimum Gasteiger partial charge on any atom is -0.399 e. The Hall–Kier alpha value is -7.05. The largest absolute Gasteiger partial charge is 0.399 e. The van der Waals surface area contributed by atoms with Crippen LogP contribution in [0, 0.1) is 0 Å². The van der Waals surface area contributed by atoms with E-state index >= 15 is 0 Å². The van der Waals surface area contributed by atoms with Gasteiger partial charge in [0.05, 0.1) is 27.8 Å². The van der Waals surface area contributed by atoms with Crippen LogP contribution in [0.5, 0.6) is 0 Å². The van der Waals surface area contributed by atoms with Crippen LogP contribution in [0.4, 0.5) is 5.69 Å². The summed E-state index contributed by atoms with van der Waals surface area (Å²) < 4.78 is 4.73. The zero-order valence-corrected chi connectivity index (χ0v) is 27.5. The van der Waals surface area contributed by atoms with Crippen LogP contribution < -0.4 is 5.73 Å². The molecule has 0 aliphatic heterocycles. The van der Waals surface area contributed by atoms with Crippen molar-refractivity contribution in [2.24, 2.45) is 0 Å². The molecule has 0 aliphatic carbocycles. The molecule has 0 atom stereocenters. The third-order valence-electron chi connectivity index (χ3n) is 9.69. The Bertz CT molecular complexity index is 2850. The highest BCUT2D eigenvalue weighted by atomic mass is 15.1. The number of benzene rings is 7. The molecule has 0 unspecified atom stereocenters. The summed E-state index contributed by atoms with van der Waals surface area (Å²) in [6.07, 6.45) is 0. The van der Waals surface area contributed by atoms with E-state index in [1.165, 1.54) is 21.5 Å². The molecule has 6 heteroatoms. The molecule has 0 aliphatic rings. The van der Waals surface area contributed by atoms with Gasteiger partial charge in [-0.2, -0.15) is 0 Å². The van der Waals surface area contributed by atoms with Crippen LogP contribution in [0.2, 0.25) is 0 Å². The summed E-state index contributed by atoms with van der Waals surface area (Å²) >= 11 is 0. The van der Waals surface area contributed by atoms with E-state index in [1.54, 1.807) is 0 Å². The van der Waals surface area contributed by atoms with Gasteiger partial charge in [-0.3, -0.25) is 0 Å². The van der Waals surface area contributed by atoms with Crippen molar-refractivity contribution in [3.63, 3.8) is 0 Å². The van der Waals surface area contributed by atoms with Gasteiger partial charge in [-0.15, -0.1) is 0 Å². The average molecular weight is 655 g/mol. The van der Waals surface area contributed by atoms with Gasteiger partial charge in [0.25, 0.3) is 0 Å². The lowest BCUT2D eigenvalue weighted by atomic mass is 10.1. The Labute approximate surface area is 293 Å². The van der Waals surface area contributed by atoms with Gasteiger partial charge in [0.2, 0.25) is 0 Å². The molecule has 0 radical (unpaired) electrons.